The van der Waals surface area contributed by atoms with Gasteiger partial charge in [-0.2, -0.15) is 11.8 Å². The Morgan fingerprint density at radius 3 is 2.79 bits per heavy atom. The van der Waals surface area contributed by atoms with E-state index in [1.807, 2.05) is 19.4 Å². The van der Waals surface area contributed by atoms with E-state index < -0.39 is 11.4 Å². The molecule has 1 N–H and O–H groups in total. The molecule has 0 bridgehead atoms. The third kappa shape index (κ3) is 4.18. The van der Waals surface area contributed by atoms with Gasteiger partial charge in [0.2, 0.25) is 5.79 Å². The molecule has 1 saturated carbocycles. The van der Waals surface area contributed by atoms with Gasteiger partial charge in [-0.05, 0) is 37.8 Å². The Morgan fingerprint density at radius 2 is 2.17 bits per heavy atom. The van der Waals surface area contributed by atoms with E-state index in [2.05, 4.69) is 16.4 Å². The number of nitrogens with one attached hydrogen (secondary N) is 1. The van der Waals surface area contributed by atoms with Crippen LogP contribution in [0, 0.1) is 5.92 Å². The van der Waals surface area contributed by atoms with Crippen LogP contribution in [-0.4, -0.2) is 47.4 Å². The van der Waals surface area contributed by atoms with E-state index in [9.17, 15) is 4.79 Å². The van der Waals surface area contributed by atoms with E-state index >= 15 is 0 Å². The Kier molecular flexibility index (Phi) is 5.66. The fourth-order valence-corrected chi connectivity index (χ4v) is 4.98. The van der Waals surface area contributed by atoms with Gasteiger partial charge in [-0.25, -0.2) is 4.79 Å². The van der Waals surface area contributed by atoms with Gasteiger partial charge in [0, 0.05) is 44.0 Å². The molecule has 0 amide bonds. The van der Waals surface area contributed by atoms with Crippen molar-refractivity contribution >= 4 is 28.7 Å². The summed E-state index contributed by atoms with van der Waals surface area (Å²) in [4.78, 5) is 17.7. The van der Waals surface area contributed by atoms with Crippen molar-refractivity contribution < 1.29 is 18.7 Å². The van der Waals surface area contributed by atoms with Gasteiger partial charge in [0.25, 0.3) is 0 Å². The summed E-state index contributed by atoms with van der Waals surface area (Å²) >= 11 is 1.67. The first-order valence-electron chi connectivity index (χ1n) is 10.3. The number of aromatic nitrogens is 1. The second-order valence-electron chi connectivity index (χ2n) is 8.62. The highest BCUT2D eigenvalue weighted by Gasteiger charge is 2.58. The molecule has 2 unspecified atom stereocenters. The predicted molar refractivity (Wildman–Crippen MR) is 114 cm³/mol. The number of carbonyl (C=O) groups is 1. The summed E-state index contributed by atoms with van der Waals surface area (Å²) < 4.78 is 17.9. The number of hydrogen-bond acceptors (Lipinski definition) is 7. The SMILES string of the molecule is CNC(CSC)C1(Cc2nccc3oc(CCC4CC4)cc23)OC(C)(C)OC1=O. The van der Waals surface area contributed by atoms with Crippen molar-refractivity contribution in [1.82, 2.24) is 10.3 Å². The summed E-state index contributed by atoms with van der Waals surface area (Å²) in [6.45, 7) is 3.56. The van der Waals surface area contributed by atoms with Crippen molar-refractivity contribution in [3.05, 3.63) is 29.8 Å². The molecule has 7 heteroatoms. The van der Waals surface area contributed by atoms with Crippen LogP contribution in [0.5, 0.6) is 0 Å². The number of hydrogen-bond donors (Lipinski definition) is 1. The molecule has 2 aromatic rings. The molecule has 29 heavy (non-hydrogen) atoms. The van der Waals surface area contributed by atoms with Gasteiger partial charge >= 0.3 is 5.97 Å². The molecule has 158 valence electrons. The maximum absolute atomic E-state index is 13.1. The topological polar surface area (TPSA) is 73.6 Å². The standard InChI is InChI=1S/C22H30N2O4S/c1-21(2)27-20(25)22(28-21,19(23-3)13-29-4)12-17-16-11-15(8-7-14-5-6-14)26-18(16)9-10-24-17/h9-11,14,19,23H,5-8,12-13H2,1-4H3. The van der Waals surface area contributed by atoms with Crippen LogP contribution in [0.3, 0.4) is 0 Å². The molecule has 2 aromatic heterocycles. The average molecular weight is 419 g/mol. The quantitative estimate of drug-likeness (QED) is 0.622. The Hall–Kier alpha value is -1.57. The fourth-order valence-electron chi connectivity index (χ4n) is 4.21. The van der Waals surface area contributed by atoms with Crippen molar-refractivity contribution in [3.63, 3.8) is 0 Å². The van der Waals surface area contributed by atoms with Gasteiger partial charge < -0.3 is 19.2 Å². The number of esters is 1. The summed E-state index contributed by atoms with van der Waals surface area (Å²) in [5.41, 5.74) is 0.487. The minimum absolute atomic E-state index is 0.204. The first kappa shape index (κ1) is 20.7. The highest BCUT2D eigenvalue weighted by atomic mass is 32.2. The lowest BCUT2D eigenvalue weighted by molar-refractivity contribution is -0.169. The predicted octanol–water partition coefficient (Wildman–Crippen LogP) is 3.71. The van der Waals surface area contributed by atoms with E-state index in [0.29, 0.717) is 6.42 Å². The number of likely N-dealkylation sites (N-methyl/N-ethyl adjacent to an activating group) is 1. The van der Waals surface area contributed by atoms with Crippen molar-refractivity contribution in [2.24, 2.45) is 5.92 Å². The van der Waals surface area contributed by atoms with Gasteiger partial charge in [-0.1, -0.05) is 12.8 Å². The molecule has 6 nitrogen and oxygen atoms in total. The zero-order valence-corrected chi connectivity index (χ0v) is 18.4. The first-order valence-corrected chi connectivity index (χ1v) is 11.7. The molecule has 0 spiro atoms. The zero-order valence-electron chi connectivity index (χ0n) is 17.6. The molecule has 1 aliphatic carbocycles. The summed E-state index contributed by atoms with van der Waals surface area (Å²) in [5, 5.41) is 4.23. The minimum atomic E-state index is -1.13. The first-order chi connectivity index (χ1) is 13.9. The molecule has 1 saturated heterocycles. The number of aryl methyl sites for hydroxylation is 1. The normalized spacial score (nSPS) is 24.8. The number of thioether (sulfide) groups is 1. The molecule has 3 heterocycles. The number of pyridine rings is 1. The molecular weight excluding hydrogens is 388 g/mol. The lowest BCUT2D eigenvalue weighted by atomic mass is 9.88. The Balaban J connectivity index is 1.68. The highest BCUT2D eigenvalue weighted by molar-refractivity contribution is 7.98. The smallest absolute Gasteiger partial charge is 0.343 e. The van der Waals surface area contributed by atoms with Crippen LogP contribution in [0.1, 0.15) is 44.6 Å². The summed E-state index contributed by atoms with van der Waals surface area (Å²) in [7, 11) is 1.85. The average Bonchev–Trinajstić information content (AvgIpc) is 3.35. The summed E-state index contributed by atoms with van der Waals surface area (Å²) in [5.74, 6) is 1.25. The van der Waals surface area contributed by atoms with Crippen molar-refractivity contribution in [3.8, 4) is 0 Å². The highest BCUT2D eigenvalue weighted by Crippen LogP contribution is 2.39. The monoisotopic (exact) mass is 418 g/mol. The maximum atomic E-state index is 13.1. The van der Waals surface area contributed by atoms with Crippen LogP contribution >= 0.6 is 11.8 Å². The van der Waals surface area contributed by atoms with Crippen LogP contribution in [0.4, 0.5) is 0 Å². The number of carbonyl (C=O) groups excluding carboxylic acids is 1. The van der Waals surface area contributed by atoms with Crippen molar-refractivity contribution in [2.45, 2.75) is 63.4 Å². The molecule has 2 fully saturated rings. The van der Waals surface area contributed by atoms with E-state index in [1.165, 1.54) is 19.3 Å². The van der Waals surface area contributed by atoms with Crippen molar-refractivity contribution in [1.29, 1.82) is 0 Å². The largest absolute Gasteiger partial charge is 0.461 e. The van der Waals surface area contributed by atoms with Gasteiger partial charge in [-0.15, -0.1) is 0 Å². The number of furan rings is 1. The molecule has 1 aliphatic heterocycles. The van der Waals surface area contributed by atoms with E-state index in [1.54, 1.807) is 31.8 Å². The molecule has 0 radical (unpaired) electrons. The summed E-state index contributed by atoms with van der Waals surface area (Å²) in [6, 6.07) is 3.77. The molecular formula is C22H30N2O4S. The van der Waals surface area contributed by atoms with Crippen LogP contribution in [0.15, 0.2) is 22.7 Å². The van der Waals surface area contributed by atoms with Gasteiger partial charge in [0.1, 0.15) is 11.3 Å². The van der Waals surface area contributed by atoms with E-state index in [-0.39, 0.29) is 12.0 Å². The number of nitrogens with zero attached hydrogens (tertiary/aromatic N) is 1. The minimum Gasteiger partial charge on any atom is -0.461 e. The van der Waals surface area contributed by atoms with Crippen LogP contribution in [0.2, 0.25) is 0 Å². The van der Waals surface area contributed by atoms with Crippen LogP contribution < -0.4 is 5.32 Å². The number of rotatable bonds is 9. The second-order valence-corrected chi connectivity index (χ2v) is 9.53. The molecule has 4 rings (SSSR count). The molecule has 0 aromatic carbocycles. The number of fused-ring (bicyclic) bond motifs is 1. The van der Waals surface area contributed by atoms with E-state index in [0.717, 1.165) is 40.5 Å². The lowest BCUT2D eigenvalue weighted by Crippen LogP contribution is -2.57. The Bertz CT molecular complexity index is 892. The maximum Gasteiger partial charge on any atom is 0.343 e. The number of cyclic esters (lactones) is 1. The molecule has 2 aliphatic rings. The zero-order chi connectivity index (χ0) is 20.6. The molecule has 2 atom stereocenters. The third-order valence-electron chi connectivity index (χ3n) is 5.86. The lowest BCUT2D eigenvalue weighted by Gasteiger charge is -2.33. The fraction of sp³-hybridized carbons (Fsp3) is 0.636. The van der Waals surface area contributed by atoms with Crippen LogP contribution in [0.25, 0.3) is 11.0 Å². The Morgan fingerprint density at radius 1 is 1.38 bits per heavy atom. The number of ether oxygens (including phenoxy) is 2. The van der Waals surface area contributed by atoms with Crippen LogP contribution in [-0.2, 0) is 27.1 Å². The van der Waals surface area contributed by atoms with Gasteiger partial charge in [0.05, 0.1) is 11.7 Å². The second kappa shape index (κ2) is 7.93. The summed E-state index contributed by atoms with van der Waals surface area (Å²) in [6.07, 6.45) is 8.89. The Labute approximate surface area is 176 Å². The van der Waals surface area contributed by atoms with Crippen molar-refractivity contribution in [2.75, 3.05) is 19.1 Å². The van der Waals surface area contributed by atoms with Gasteiger partial charge in [0.15, 0.2) is 5.60 Å². The van der Waals surface area contributed by atoms with E-state index in [4.69, 9.17) is 13.9 Å². The third-order valence-corrected chi connectivity index (χ3v) is 6.53. The van der Waals surface area contributed by atoms with Gasteiger partial charge in [-0.3, -0.25) is 4.98 Å².